The first kappa shape index (κ1) is 16.0. The molecule has 1 N–H and O–H groups in total. The molecule has 0 radical (unpaired) electrons. The fourth-order valence-corrected chi connectivity index (χ4v) is 3.51. The number of rotatable bonds is 5. The Bertz CT molecular complexity index is 838. The number of ether oxygens (including phenoxy) is 1. The van der Waals surface area contributed by atoms with E-state index in [1.54, 1.807) is 13.3 Å². The summed E-state index contributed by atoms with van der Waals surface area (Å²) >= 11 is 0. The normalized spacial score (nSPS) is 15.6. The van der Waals surface area contributed by atoms with Gasteiger partial charge in [-0.05, 0) is 42.7 Å². The van der Waals surface area contributed by atoms with E-state index >= 15 is 0 Å². The Morgan fingerprint density at radius 2 is 2.04 bits per heavy atom. The van der Waals surface area contributed by atoms with Crippen LogP contribution >= 0.6 is 0 Å². The maximum atomic E-state index is 5.49. The van der Waals surface area contributed by atoms with Crippen molar-refractivity contribution in [3.63, 3.8) is 0 Å². The molecule has 3 aromatic rings. The summed E-state index contributed by atoms with van der Waals surface area (Å²) in [6.07, 6.45) is 4.03. The maximum Gasteiger partial charge on any atom is 0.166 e. The summed E-state index contributed by atoms with van der Waals surface area (Å²) in [6, 6.07) is 15.0. The van der Waals surface area contributed by atoms with Crippen molar-refractivity contribution in [3.05, 3.63) is 54.2 Å². The minimum absolute atomic E-state index is 0.545. The number of anilines is 1. The molecule has 0 amide bonds. The molecule has 0 spiro atoms. The van der Waals surface area contributed by atoms with Crippen molar-refractivity contribution in [1.29, 1.82) is 0 Å². The monoisotopic (exact) mass is 337 g/mol. The maximum absolute atomic E-state index is 5.49. The number of benzene rings is 2. The molecule has 5 nitrogen and oxygen atoms in total. The van der Waals surface area contributed by atoms with E-state index in [4.69, 9.17) is 9.26 Å². The first-order valence-electron chi connectivity index (χ1n) is 8.78. The summed E-state index contributed by atoms with van der Waals surface area (Å²) in [6.45, 7) is 2.96. The number of piperidine rings is 1. The molecule has 2 heterocycles. The van der Waals surface area contributed by atoms with Gasteiger partial charge in [-0.1, -0.05) is 23.4 Å². The van der Waals surface area contributed by atoms with Gasteiger partial charge in [-0.3, -0.25) is 0 Å². The smallest absolute Gasteiger partial charge is 0.166 e. The van der Waals surface area contributed by atoms with Crippen LogP contribution in [0.5, 0.6) is 5.75 Å². The molecule has 2 aromatic carbocycles. The van der Waals surface area contributed by atoms with E-state index in [0.29, 0.717) is 6.04 Å². The summed E-state index contributed by atoms with van der Waals surface area (Å²) in [4.78, 5) is 2.42. The zero-order chi connectivity index (χ0) is 17.1. The largest absolute Gasteiger partial charge is 0.495 e. The lowest BCUT2D eigenvalue weighted by atomic mass is 10.0. The molecule has 0 saturated carbocycles. The van der Waals surface area contributed by atoms with E-state index in [0.717, 1.165) is 49.2 Å². The van der Waals surface area contributed by atoms with Gasteiger partial charge in [0.05, 0.1) is 19.0 Å². The predicted octanol–water partition coefficient (Wildman–Crippen LogP) is 3.60. The lowest BCUT2D eigenvalue weighted by Gasteiger charge is -2.34. The molecule has 0 aliphatic carbocycles. The van der Waals surface area contributed by atoms with Gasteiger partial charge in [0.2, 0.25) is 0 Å². The van der Waals surface area contributed by atoms with Gasteiger partial charge in [0.15, 0.2) is 5.58 Å². The topological polar surface area (TPSA) is 50.5 Å². The van der Waals surface area contributed by atoms with Gasteiger partial charge in [-0.15, -0.1) is 0 Å². The first-order chi connectivity index (χ1) is 12.3. The van der Waals surface area contributed by atoms with Crippen molar-refractivity contribution in [2.75, 3.05) is 25.1 Å². The molecule has 0 atom stereocenters. The van der Waals surface area contributed by atoms with Crippen LogP contribution in [0.25, 0.3) is 11.0 Å². The molecule has 5 heteroatoms. The van der Waals surface area contributed by atoms with Crippen LogP contribution in [0.15, 0.2) is 53.2 Å². The second-order valence-electron chi connectivity index (χ2n) is 6.51. The van der Waals surface area contributed by atoms with Crippen LogP contribution in [0.3, 0.4) is 0 Å². The number of para-hydroxylation sites is 2. The van der Waals surface area contributed by atoms with Crippen molar-refractivity contribution in [3.8, 4) is 5.75 Å². The summed E-state index contributed by atoms with van der Waals surface area (Å²) in [5.41, 5.74) is 3.30. The highest BCUT2D eigenvalue weighted by molar-refractivity contribution is 5.76. The van der Waals surface area contributed by atoms with E-state index in [2.05, 4.69) is 39.6 Å². The second kappa shape index (κ2) is 7.15. The third kappa shape index (κ3) is 3.46. The molecule has 4 rings (SSSR count). The fourth-order valence-electron chi connectivity index (χ4n) is 3.51. The third-order valence-electron chi connectivity index (χ3n) is 4.93. The summed E-state index contributed by atoms with van der Waals surface area (Å²) in [5, 5.41) is 8.58. The Morgan fingerprint density at radius 3 is 2.88 bits per heavy atom. The molecule has 1 aromatic heterocycles. The SMILES string of the molecule is COc1ccccc1N1CCC(NCc2ccc3oncc3c2)CC1. The van der Waals surface area contributed by atoms with Crippen LogP contribution in [0.2, 0.25) is 0 Å². The number of hydrogen-bond donors (Lipinski definition) is 1. The molecule has 0 bridgehead atoms. The fraction of sp³-hybridized carbons (Fsp3) is 0.350. The van der Waals surface area contributed by atoms with Crippen LogP contribution < -0.4 is 15.0 Å². The van der Waals surface area contributed by atoms with Gasteiger partial charge in [0.1, 0.15) is 5.75 Å². The number of hydrogen-bond acceptors (Lipinski definition) is 5. The van der Waals surface area contributed by atoms with Crippen LogP contribution in [0.4, 0.5) is 5.69 Å². The summed E-state index contributed by atoms with van der Waals surface area (Å²) < 4.78 is 10.6. The zero-order valence-corrected chi connectivity index (χ0v) is 14.4. The summed E-state index contributed by atoms with van der Waals surface area (Å²) in [7, 11) is 1.74. The quantitative estimate of drug-likeness (QED) is 0.771. The molecule has 130 valence electrons. The average molecular weight is 337 g/mol. The highest BCUT2D eigenvalue weighted by Crippen LogP contribution is 2.29. The number of nitrogens with zero attached hydrogens (tertiary/aromatic N) is 2. The molecule has 1 saturated heterocycles. The van der Waals surface area contributed by atoms with E-state index in [9.17, 15) is 0 Å². The van der Waals surface area contributed by atoms with E-state index in [-0.39, 0.29) is 0 Å². The average Bonchev–Trinajstić information content (AvgIpc) is 3.14. The number of nitrogens with one attached hydrogen (secondary N) is 1. The molecule has 25 heavy (non-hydrogen) atoms. The van der Waals surface area contributed by atoms with Crippen molar-refractivity contribution in [1.82, 2.24) is 10.5 Å². The standard InChI is InChI=1S/C20H23N3O2/c1-24-20-5-3-2-4-18(20)23-10-8-17(9-11-23)21-13-15-6-7-19-16(12-15)14-22-25-19/h2-7,12,14,17,21H,8-11,13H2,1H3. The minimum Gasteiger partial charge on any atom is -0.495 e. The van der Waals surface area contributed by atoms with Gasteiger partial charge in [0.25, 0.3) is 0 Å². The third-order valence-corrected chi connectivity index (χ3v) is 4.93. The van der Waals surface area contributed by atoms with Gasteiger partial charge in [0, 0.05) is 31.1 Å². The first-order valence-corrected chi connectivity index (χ1v) is 8.78. The zero-order valence-electron chi connectivity index (χ0n) is 14.4. The number of aromatic nitrogens is 1. The van der Waals surface area contributed by atoms with Crippen molar-refractivity contribution >= 4 is 16.7 Å². The van der Waals surface area contributed by atoms with Crippen LogP contribution in [0.1, 0.15) is 18.4 Å². The Morgan fingerprint density at radius 1 is 1.20 bits per heavy atom. The highest BCUT2D eigenvalue weighted by Gasteiger charge is 2.20. The lowest BCUT2D eigenvalue weighted by molar-refractivity contribution is 0.397. The van der Waals surface area contributed by atoms with Crippen LogP contribution in [-0.4, -0.2) is 31.4 Å². The van der Waals surface area contributed by atoms with Crippen LogP contribution in [0, 0.1) is 0 Å². The second-order valence-corrected chi connectivity index (χ2v) is 6.51. The van der Waals surface area contributed by atoms with E-state index in [1.807, 2.05) is 18.2 Å². The van der Waals surface area contributed by atoms with Crippen molar-refractivity contribution < 1.29 is 9.26 Å². The van der Waals surface area contributed by atoms with Crippen molar-refractivity contribution in [2.45, 2.75) is 25.4 Å². The predicted molar refractivity (Wildman–Crippen MR) is 99.1 cm³/mol. The van der Waals surface area contributed by atoms with Gasteiger partial charge in [-0.25, -0.2) is 0 Å². The number of fused-ring (bicyclic) bond motifs is 1. The molecule has 0 unspecified atom stereocenters. The molecule has 1 aliphatic heterocycles. The lowest BCUT2D eigenvalue weighted by Crippen LogP contribution is -2.42. The Hall–Kier alpha value is -2.53. The van der Waals surface area contributed by atoms with Gasteiger partial charge >= 0.3 is 0 Å². The van der Waals surface area contributed by atoms with Crippen molar-refractivity contribution in [2.24, 2.45) is 0 Å². The Kier molecular flexibility index (Phi) is 4.57. The Labute approximate surface area is 147 Å². The summed E-state index contributed by atoms with van der Waals surface area (Å²) in [5.74, 6) is 0.955. The molecule has 1 fully saturated rings. The van der Waals surface area contributed by atoms with Gasteiger partial charge in [-0.2, -0.15) is 0 Å². The van der Waals surface area contributed by atoms with E-state index in [1.165, 1.54) is 11.3 Å². The highest BCUT2D eigenvalue weighted by atomic mass is 16.5. The minimum atomic E-state index is 0.545. The number of methoxy groups -OCH3 is 1. The van der Waals surface area contributed by atoms with E-state index < -0.39 is 0 Å². The Balaban J connectivity index is 1.32. The molecular formula is C20H23N3O2. The van der Waals surface area contributed by atoms with Gasteiger partial charge < -0.3 is 19.5 Å². The molecule has 1 aliphatic rings. The molecular weight excluding hydrogens is 314 g/mol. The van der Waals surface area contributed by atoms with Crippen LogP contribution in [-0.2, 0) is 6.54 Å².